The highest BCUT2D eigenvalue weighted by Crippen LogP contribution is 2.40. The van der Waals surface area contributed by atoms with E-state index in [0.29, 0.717) is 23.6 Å². The molecule has 1 aliphatic heterocycles. The van der Waals surface area contributed by atoms with Crippen LogP contribution in [-0.2, 0) is 14.0 Å². The van der Waals surface area contributed by atoms with Crippen molar-refractivity contribution in [3.63, 3.8) is 0 Å². The number of amides is 1. The van der Waals surface area contributed by atoms with Gasteiger partial charge in [0.15, 0.2) is 31.5 Å². The summed E-state index contributed by atoms with van der Waals surface area (Å²) in [6.45, 7) is 16.9. The van der Waals surface area contributed by atoms with E-state index in [1.54, 1.807) is 10.9 Å². The van der Waals surface area contributed by atoms with Crippen LogP contribution in [0.3, 0.4) is 0 Å². The van der Waals surface area contributed by atoms with Crippen LogP contribution in [0.15, 0.2) is 12.7 Å². The van der Waals surface area contributed by atoms with Gasteiger partial charge in [0.05, 0.1) is 23.0 Å². The van der Waals surface area contributed by atoms with E-state index in [-0.39, 0.29) is 21.0 Å². The number of carbonyl (C=O) groups excluding carboxylic acids is 1. The molecular weight excluding hydrogens is 541 g/mol. The molecule has 1 fully saturated rings. The predicted octanol–water partition coefficient (Wildman–Crippen LogP) is 3.89. The smallest absolute Gasteiger partial charge is 0.230 e. The zero-order valence-electron chi connectivity index (χ0n) is 20.0. The summed E-state index contributed by atoms with van der Waals surface area (Å²) in [5.41, 5.74) is 0.367. The van der Waals surface area contributed by atoms with Crippen LogP contribution in [0.2, 0.25) is 18.1 Å². The van der Waals surface area contributed by atoms with Crippen LogP contribution in [0.4, 0.5) is 5.82 Å². The molecule has 0 spiro atoms. The Hall–Kier alpha value is -1.15. The van der Waals surface area contributed by atoms with E-state index >= 15 is 0 Å². The summed E-state index contributed by atoms with van der Waals surface area (Å²) in [5.74, 6) is 0.171. The largest absolute Gasteiger partial charge is 0.414 e. The van der Waals surface area contributed by atoms with Crippen LogP contribution in [0.1, 0.15) is 47.8 Å². The number of aromatic nitrogens is 4. The minimum Gasteiger partial charge on any atom is -0.414 e. The van der Waals surface area contributed by atoms with Gasteiger partial charge >= 0.3 is 0 Å². The Bertz CT molecular complexity index is 985. The molecule has 0 saturated carbocycles. The number of fused-ring (bicyclic) bond motifs is 1. The van der Waals surface area contributed by atoms with E-state index < -0.39 is 26.1 Å². The van der Waals surface area contributed by atoms with Crippen LogP contribution < -0.4 is 5.32 Å². The zero-order valence-corrected chi connectivity index (χ0v) is 23.2. The van der Waals surface area contributed by atoms with Gasteiger partial charge in [-0.2, -0.15) is 0 Å². The van der Waals surface area contributed by atoms with Gasteiger partial charge in [-0.05, 0) is 18.1 Å². The Labute approximate surface area is 204 Å². The number of nitrogens with zero attached hydrogens (tertiary/aromatic N) is 4. The third-order valence-electron chi connectivity index (χ3n) is 6.25. The number of hydrogen-bond acceptors (Lipinski definition) is 7. The third-order valence-corrected chi connectivity index (χ3v) is 12.3. The molecule has 2 aromatic heterocycles. The predicted molar refractivity (Wildman–Crippen MR) is 134 cm³/mol. The van der Waals surface area contributed by atoms with Crippen LogP contribution in [0.5, 0.6) is 0 Å². The Morgan fingerprint density at radius 2 is 1.91 bits per heavy atom. The maximum absolute atomic E-state index is 12.4. The molecular formula is C21H34IN5O4Si. The minimum absolute atomic E-state index is 0.0930. The van der Waals surface area contributed by atoms with Gasteiger partial charge in [0, 0.05) is 5.41 Å². The quantitative estimate of drug-likeness (QED) is 0.316. The fraction of sp³-hybridized carbons (Fsp3) is 0.714. The number of anilines is 1. The number of nitrogens with one attached hydrogen (secondary N) is 1. The first kappa shape index (κ1) is 25.5. The first-order valence-electron chi connectivity index (χ1n) is 10.7. The van der Waals surface area contributed by atoms with Gasteiger partial charge in [-0.1, -0.05) is 64.1 Å². The monoisotopic (exact) mass is 575 g/mol. The molecule has 3 heterocycles. The molecule has 0 unspecified atom stereocenters. The fourth-order valence-electron chi connectivity index (χ4n) is 3.00. The van der Waals surface area contributed by atoms with Crippen molar-refractivity contribution in [2.75, 3.05) is 11.9 Å². The highest BCUT2D eigenvalue weighted by atomic mass is 127. The van der Waals surface area contributed by atoms with E-state index in [0.717, 1.165) is 0 Å². The van der Waals surface area contributed by atoms with Gasteiger partial charge in [0.25, 0.3) is 0 Å². The maximum Gasteiger partial charge on any atom is 0.230 e. The molecule has 1 aliphatic rings. The zero-order chi connectivity index (χ0) is 24.1. The molecule has 9 nitrogen and oxygen atoms in total. The van der Waals surface area contributed by atoms with Crippen LogP contribution >= 0.6 is 22.6 Å². The van der Waals surface area contributed by atoms with E-state index in [4.69, 9.17) is 9.16 Å². The van der Waals surface area contributed by atoms with Crippen LogP contribution in [0.25, 0.3) is 11.2 Å². The normalized spacial score (nSPS) is 24.8. The second kappa shape index (κ2) is 8.89. The number of rotatable bonds is 5. The molecule has 32 heavy (non-hydrogen) atoms. The van der Waals surface area contributed by atoms with E-state index in [1.807, 2.05) is 20.8 Å². The summed E-state index contributed by atoms with van der Waals surface area (Å²) >= 11 is 2.22. The maximum atomic E-state index is 12.4. The third kappa shape index (κ3) is 5.01. The molecule has 0 aliphatic carbocycles. The van der Waals surface area contributed by atoms with Crippen molar-refractivity contribution < 1.29 is 19.1 Å². The minimum atomic E-state index is -1.94. The number of aliphatic hydroxyl groups is 1. The lowest BCUT2D eigenvalue weighted by Crippen LogP contribution is -2.43. The number of aliphatic hydroxyl groups excluding tert-OH is 1. The van der Waals surface area contributed by atoms with Crippen molar-refractivity contribution in [1.82, 2.24) is 19.5 Å². The second-order valence-electron chi connectivity index (χ2n) is 10.8. The number of hydrogen-bond donors (Lipinski definition) is 2. The standard InChI is InChI=1S/C21H34IN5O4Si/c1-20(2,3)19(29)26-16-14-17(24-10-23-16)27(11-25-14)18-15(28)13(22)12(31-18)9-30-32(7,8)21(4,5)6/h10-13,15,18,28H,9H2,1-8H3,(H,23,24,26,29)/t12-,13+,15-,18-/m1/s1. The summed E-state index contributed by atoms with van der Waals surface area (Å²) in [6.07, 6.45) is 1.27. The lowest BCUT2D eigenvalue weighted by atomic mass is 9.96. The summed E-state index contributed by atoms with van der Waals surface area (Å²) in [6, 6.07) is 0. The molecule has 0 radical (unpaired) electrons. The molecule has 1 amide bonds. The number of carbonyl (C=O) groups is 1. The van der Waals surface area contributed by atoms with Crippen molar-refractivity contribution in [3.8, 4) is 0 Å². The topological polar surface area (TPSA) is 111 Å². The Balaban J connectivity index is 1.82. The van der Waals surface area contributed by atoms with Crippen molar-refractivity contribution in [2.45, 2.75) is 82.0 Å². The van der Waals surface area contributed by atoms with Crippen molar-refractivity contribution in [3.05, 3.63) is 12.7 Å². The molecule has 11 heteroatoms. The first-order valence-corrected chi connectivity index (χ1v) is 14.9. The number of halogens is 1. The van der Waals surface area contributed by atoms with Crippen LogP contribution in [-0.4, -0.2) is 61.6 Å². The van der Waals surface area contributed by atoms with Gasteiger partial charge in [-0.25, -0.2) is 15.0 Å². The lowest BCUT2D eigenvalue weighted by Gasteiger charge is -2.37. The number of ether oxygens (including phenoxy) is 1. The first-order chi connectivity index (χ1) is 14.6. The van der Waals surface area contributed by atoms with E-state index in [9.17, 15) is 9.90 Å². The van der Waals surface area contributed by atoms with Gasteiger partial charge in [0.2, 0.25) is 5.91 Å². The molecule has 2 N–H and O–H groups in total. The second-order valence-corrected chi connectivity index (χ2v) is 17.1. The van der Waals surface area contributed by atoms with Gasteiger partial charge in [-0.15, -0.1) is 0 Å². The molecule has 1 saturated heterocycles. The lowest BCUT2D eigenvalue weighted by molar-refractivity contribution is -0.123. The summed E-state index contributed by atoms with van der Waals surface area (Å²) in [4.78, 5) is 25.4. The van der Waals surface area contributed by atoms with Gasteiger partial charge in [-0.3, -0.25) is 9.36 Å². The Morgan fingerprint density at radius 3 is 2.50 bits per heavy atom. The average molecular weight is 576 g/mol. The van der Waals surface area contributed by atoms with Crippen molar-refractivity contribution in [1.29, 1.82) is 0 Å². The number of imidazole rings is 1. The fourth-order valence-corrected chi connectivity index (χ4v) is 4.75. The van der Waals surface area contributed by atoms with Crippen molar-refractivity contribution in [2.24, 2.45) is 5.41 Å². The van der Waals surface area contributed by atoms with Crippen LogP contribution in [0, 0.1) is 5.41 Å². The highest BCUT2D eigenvalue weighted by Gasteiger charge is 2.46. The molecule has 0 bridgehead atoms. The molecule has 3 rings (SSSR count). The van der Waals surface area contributed by atoms with Crippen molar-refractivity contribution >= 4 is 53.8 Å². The van der Waals surface area contributed by atoms with Gasteiger partial charge in [0.1, 0.15) is 12.4 Å². The molecule has 4 atom stereocenters. The summed E-state index contributed by atoms with van der Waals surface area (Å²) < 4.78 is 14.1. The Kier molecular flexibility index (Phi) is 7.08. The molecule has 178 valence electrons. The summed E-state index contributed by atoms with van der Waals surface area (Å²) in [5, 5.41) is 13.8. The van der Waals surface area contributed by atoms with E-state index in [1.165, 1.54) is 6.33 Å². The molecule has 0 aromatic carbocycles. The summed E-state index contributed by atoms with van der Waals surface area (Å²) in [7, 11) is -1.94. The SMILES string of the molecule is CC(C)(C)C(=O)Nc1ncnc2c1ncn2[C@@H]1O[C@H](CO[Si](C)(C)C(C)(C)C)[C@H](I)[C@H]1O. The van der Waals surface area contributed by atoms with E-state index in [2.05, 4.69) is 76.7 Å². The Morgan fingerprint density at radius 1 is 1.25 bits per heavy atom. The molecule has 2 aromatic rings. The van der Waals surface area contributed by atoms with Gasteiger partial charge < -0.3 is 19.6 Å². The average Bonchev–Trinajstić information content (AvgIpc) is 3.21. The highest BCUT2D eigenvalue weighted by molar-refractivity contribution is 14.1. The number of alkyl halides is 1.